The average molecular weight is 275 g/mol. The van der Waals surface area contributed by atoms with E-state index in [0.29, 0.717) is 6.04 Å². The minimum Gasteiger partial charge on any atom is -0.493 e. The molecule has 0 radical (unpaired) electrons. The van der Waals surface area contributed by atoms with E-state index >= 15 is 0 Å². The van der Waals surface area contributed by atoms with Crippen molar-refractivity contribution in [1.82, 2.24) is 5.32 Å². The molecule has 3 unspecified atom stereocenters. The van der Waals surface area contributed by atoms with Crippen LogP contribution in [-0.4, -0.2) is 20.8 Å². The lowest BCUT2D eigenvalue weighted by Crippen LogP contribution is -2.24. The van der Waals surface area contributed by atoms with Gasteiger partial charge in [0, 0.05) is 6.04 Å². The molecule has 0 bridgehead atoms. The van der Waals surface area contributed by atoms with E-state index in [4.69, 9.17) is 9.47 Å². The van der Waals surface area contributed by atoms with Crippen molar-refractivity contribution < 1.29 is 9.47 Å². The second-order valence-corrected chi connectivity index (χ2v) is 5.99. The molecule has 2 aliphatic carbocycles. The predicted molar refractivity (Wildman–Crippen MR) is 80.3 cm³/mol. The summed E-state index contributed by atoms with van der Waals surface area (Å²) in [6, 6.07) is 6.81. The molecule has 0 aliphatic heterocycles. The third-order valence-corrected chi connectivity index (χ3v) is 5.05. The molecule has 3 nitrogen and oxygen atoms in total. The van der Waals surface area contributed by atoms with Crippen molar-refractivity contribution in [3.8, 4) is 11.5 Å². The third-order valence-electron chi connectivity index (χ3n) is 5.05. The van der Waals surface area contributed by atoms with Gasteiger partial charge in [0.25, 0.3) is 0 Å². The highest BCUT2D eigenvalue weighted by molar-refractivity contribution is 5.44. The standard InChI is InChI=1S/C17H25NO2/c1-4-18-17(16-12-6-5-7-13(12)16)11-8-9-14(19-2)15(10-11)20-3/h8-10,12-13,16-18H,4-7H2,1-3H3. The summed E-state index contributed by atoms with van der Waals surface area (Å²) in [5, 5.41) is 3.68. The number of nitrogens with one attached hydrogen (secondary N) is 1. The summed E-state index contributed by atoms with van der Waals surface area (Å²) in [6.45, 7) is 3.20. The molecule has 1 aromatic carbocycles. The Kier molecular flexibility index (Phi) is 3.88. The summed E-state index contributed by atoms with van der Waals surface area (Å²) in [6.07, 6.45) is 4.27. The van der Waals surface area contributed by atoms with Crippen molar-refractivity contribution >= 4 is 0 Å². The minimum absolute atomic E-state index is 0.468. The number of rotatable bonds is 6. The van der Waals surface area contributed by atoms with Gasteiger partial charge in [0.15, 0.2) is 11.5 Å². The first kappa shape index (κ1) is 13.7. The lowest BCUT2D eigenvalue weighted by atomic mass is 9.96. The van der Waals surface area contributed by atoms with Crippen molar-refractivity contribution in [2.45, 2.75) is 32.2 Å². The van der Waals surface area contributed by atoms with E-state index in [1.165, 1.54) is 24.8 Å². The van der Waals surface area contributed by atoms with Gasteiger partial charge in [-0.3, -0.25) is 0 Å². The number of hydrogen-bond acceptors (Lipinski definition) is 3. The Morgan fingerprint density at radius 3 is 2.45 bits per heavy atom. The van der Waals surface area contributed by atoms with E-state index < -0.39 is 0 Å². The molecule has 0 aromatic heterocycles. The van der Waals surface area contributed by atoms with E-state index in [1.807, 2.05) is 6.07 Å². The van der Waals surface area contributed by atoms with E-state index in [2.05, 4.69) is 24.4 Å². The quantitative estimate of drug-likeness (QED) is 0.863. The largest absolute Gasteiger partial charge is 0.493 e. The number of benzene rings is 1. The molecule has 0 heterocycles. The Hall–Kier alpha value is -1.22. The van der Waals surface area contributed by atoms with Crippen LogP contribution in [0.25, 0.3) is 0 Å². The van der Waals surface area contributed by atoms with Gasteiger partial charge in [0.2, 0.25) is 0 Å². The molecule has 2 saturated carbocycles. The molecule has 0 saturated heterocycles. The maximum Gasteiger partial charge on any atom is 0.161 e. The van der Waals surface area contributed by atoms with Crippen molar-refractivity contribution in [2.24, 2.45) is 17.8 Å². The van der Waals surface area contributed by atoms with Crippen LogP contribution in [0, 0.1) is 17.8 Å². The summed E-state index contributed by atoms with van der Waals surface area (Å²) in [7, 11) is 3.39. The van der Waals surface area contributed by atoms with E-state index in [1.54, 1.807) is 14.2 Å². The predicted octanol–water partition coefficient (Wildman–Crippen LogP) is 3.40. The molecule has 0 spiro atoms. The first-order chi connectivity index (χ1) is 9.80. The van der Waals surface area contributed by atoms with Crippen LogP contribution in [0.1, 0.15) is 37.8 Å². The molecule has 2 aliphatic rings. The lowest BCUT2D eigenvalue weighted by Gasteiger charge is -2.21. The molecule has 3 atom stereocenters. The van der Waals surface area contributed by atoms with Gasteiger partial charge in [-0.05, 0) is 54.8 Å². The van der Waals surface area contributed by atoms with Gasteiger partial charge in [-0.15, -0.1) is 0 Å². The molecule has 3 rings (SSSR count). The van der Waals surface area contributed by atoms with Crippen molar-refractivity contribution in [3.63, 3.8) is 0 Å². The van der Waals surface area contributed by atoms with Crippen LogP contribution in [0.3, 0.4) is 0 Å². The highest BCUT2D eigenvalue weighted by atomic mass is 16.5. The molecule has 110 valence electrons. The van der Waals surface area contributed by atoms with Crippen molar-refractivity contribution in [1.29, 1.82) is 0 Å². The van der Waals surface area contributed by atoms with Crippen LogP contribution in [-0.2, 0) is 0 Å². The Balaban J connectivity index is 1.84. The fraction of sp³-hybridized carbons (Fsp3) is 0.647. The SMILES string of the molecule is CCNC(c1ccc(OC)c(OC)c1)C1C2CCCC21. The monoisotopic (exact) mass is 275 g/mol. The van der Waals surface area contributed by atoms with E-state index in [0.717, 1.165) is 35.8 Å². The van der Waals surface area contributed by atoms with E-state index in [9.17, 15) is 0 Å². The van der Waals surface area contributed by atoms with Gasteiger partial charge in [-0.2, -0.15) is 0 Å². The highest BCUT2D eigenvalue weighted by Gasteiger charge is 2.55. The molecular weight excluding hydrogens is 250 g/mol. The Morgan fingerprint density at radius 1 is 1.15 bits per heavy atom. The second-order valence-electron chi connectivity index (χ2n) is 5.99. The number of hydrogen-bond donors (Lipinski definition) is 1. The van der Waals surface area contributed by atoms with Gasteiger partial charge < -0.3 is 14.8 Å². The lowest BCUT2D eigenvalue weighted by molar-refractivity contribution is 0.352. The third kappa shape index (κ3) is 2.28. The summed E-state index contributed by atoms with van der Waals surface area (Å²) in [5.41, 5.74) is 1.34. The summed E-state index contributed by atoms with van der Waals surface area (Å²) in [5.74, 6) is 4.36. The van der Waals surface area contributed by atoms with Gasteiger partial charge in [0.05, 0.1) is 14.2 Å². The first-order valence-electron chi connectivity index (χ1n) is 7.75. The summed E-state index contributed by atoms with van der Waals surface area (Å²) < 4.78 is 10.8. The average Bonchev–Trinajstić information content (AvgIpc) is 2.94. The zero-order chi connectivity index (χ0) is 14.1. The van der Waals surface area contributed by atoms with Crippen molar-refractivity contribution in [2.75, 3.05) is 20.8 Å². The first-order valence-corrected chi connectivity index (χ1v) is 7.75. The zero-order valence-corrected chi connectivity index (χ0v) is 12.7. The maximum atomic E-state index is 5.45. The highest BCUT2D eigenvalue weighted by Crippen LogP contribution is 2.62. The van der Waals surface area contributed by atoms with Gasteiger partial charge >= 0.3 is 0 Å². The fourth-order valence-corrected chi connectivity index (χ4v) is 4.11. The zero-order valence-electron chi connectivity index (χ0n) is 12.7. The minimum atomic E-state index is 0.468. The van der Waals surface area contributed by atoms with Gasteiger partial charge in [-0.25, -0.2) is 0 Å². The van der Waals surface area contributed by atoms with Gasteiger partial charge in [-0.1, -0.05) is 19.4 Å². The molecular formula is C17H25NO2. The van der Waals surface area contributed by atoms with Crippen LogP contribution >= 0.6 is 0 Å². The molecule has 20 heavy (non-hydrogen) atoms. The molecule has 3 heteroatoms. The Bertz CT molecular complexity index is 464. The van der Waals surface area contributed by atoms with Crippen LogP contribution in [0.5, 0.6) is 11.5 Å². The van der Waals surface area contributed by atoms with Crippen LogP contribution in [0.2, 0.25) is 0 Å². The van der Waals surface area contributed by atoms with Crippen molar-refractivity contribution in [3.05, 3.63) is 23.8 Å². The molecule has 1 N–H and O–H groups in total. The van der Waals surface area contributed by atoms with Gasteiger partial charge in [0.1, 0.15) is 0 Å². The molecule has 0 amide bonds. The van der Waals surface area contributed by atoms with Crippen LogP contribution in [0.15, 0.2) is 18.2 Å². The Morgan fingerprint density at radius 2 is 1.85 bits per heavy atom. The fourth-order valence-electron chi connectivity index (χ4n) is 4.11. The summed E-state index contributed by atoms with van der Waals surface area (Å²) >= 11 is 0. The maximum absolute atomic E-state index is 5.45. The normalized spacial score (nSPS) is 28.9. The van der Waals surface area contributed by atoms with Crippen LogP contribution in [0.4, 0.5) is 0 Å². The molecule has 2 fully saturated rings. The molecule has 1 aromatic rings. The van der Waals surface area contributed by atoms with E-state index in [-0.39, 0.29) is 0 Å². The van der Waals surface area contributed by atoms with Crippen LogP contribution < -0.4 is 14.8 Å². The Labute approximate surface area is 121 Å². The smallest absolute Gasteiger partial charge is 0.161 e. The second kappa shape index (κ2) is 5.65. The summed E-state index contributed by atoms with van der Waals surface area (Å²) in [4.78, 5) is 0. The number of ether oxygens (including phenoxy) is 2. The topological polar surface area (TPSA) is 30.5 Å². The number of methoxy groups -OCH3 is 2. The number of fused-ring (bicyclic) bond motifs is 1.